The smallest absolute Gasteiger partial charge is 0.237 e. The van der Waals surface area contributed by atoms with Crippen LogP contribution in [-0.2, 0) is 9.59 Å². The van der Waals surface area contributed by atoms with Crippen molar-refractivity contribution in [1.82, 2.24) is 5.32 Å². The second kappa shape index (κ2) is 7.70. The molecule has 5 N–H and O–H groups in total. The number of unbranched alkanes of at least 4 members (excludes halogenated alkanes) is 1. The molecule has 0 saturated carbocycles. The zero-order valence-corrected chi connectivity index (χ0v) is 7.66. The quantitative estimate of drug-likeness (QED) is 0.343. The van der Waals surface area contributed by atoms with Crippen molar-refractivity contribution in [2.24, 2.45) is 11.5 Å². The second-order valence-electron chi connectivity index (χ2n) is 2.80. The molecule has 5 heteroatoms. The van der Waals surface area contributed by atoms with Gasteiger partial charge < -0.3 is 21.6 Å². The van der Waals surface area contributed by atoms with E-state index in [1.54, 1.807) is 0 Å². The van der Waals surface area contributed by atoms with Gasteiger partial charge in [-0.3, -0.25) is 4.79 Å². The number of amides is 1. The number of aldehydes is 1. The molecule has 0 spiro atoms. The highest BCUT2D eigenvalue weighted by atomic mass is 16.2. The van der Waals surface area contributed by atoms with Crippen LogP contribution in [0.5, 0.6) is 0 Å². The Bertz CT molecular complexity index is 161. The van der Waals surface area contributed by atoms with Gasteiger partial charge >= 0.3 is 0 Å². The molecule has 1 amide bonds. The van der Waals surface area contributed by atoms with Crippen LogP contribution in [0, 0.1) is 0 Å². The third kappa shape index (κ3) is 6.24. The average Bonchev–Trinajstić information content (AvgIpc) is 2.14. The first kappa shape index (κ1) is 12.1. The normalized spacial score (nSPS) is 12.2. The maximum Gasteiger partial charge on any atom is 0.237 e. The number of rotatable bonds is 7. The molecule has 0 heterocycles. The van der Waals surface area contributed by atoms with E-state index in [0.29, 0.717) is 19.3 Å². The predicted molar refractivity (Wildman–Crippen MR) is 50.0 cm³/mol. The monoisotopic (exact) mass is 187 g/mol. The molecule has 1 unspecified atom stereocenters. The van der Waals surface area contributed by atoms with Crippen LogP contribution < -0.4 is 16.8 Å². The Morgan fingerprint density at radius 3 is 2.69 bits per heavy atom. The fraction of sp³-hybridized carbons (Fsp3) is 0.750. The van der Waals surface area contributed by atoms with Crippen molar-refractivity contribution in [2.75, 3.05) is 13.1 Å². The van der Waals surface area contributed by atoms with Crippen LogP contribution in [0.4, 0.5) is 0 Å². The summed E-state index contributed by atoms with van der Waals surface area (Å²) in [5.74, 6) is -0.274. The minimum Gasteiger partial charge on any atom is -0.348 e. The van der Waals surface area contributed by atoms with Gasteiger partial charge in [0.15, 0.2) is 0 Å². The lowest BCUT2D eigenvalue weighted by molar-refractivity contribution is -0.123. The topological polar surface area (TPSA) is 98.2 Å². The summed E-state index contributed by atoms with van der Waals surface area (Å²) >= 11 is 0. The summed E-state index contributed by atoms with van der Waals surface area (Å²) in [5.41, 5.74) is 10.8. The van der Waals surface area contributed by atoms with Gasteiger partial charge in [-0.25, -0.2) is 0 Å². The summed E-state index contributed by atoms with van der Waals surface area (Å²) in [6.07, 6.45) is 2.95. The molecule has 76 valence electrons. The Morgan fingerprint density at radius 2 is 2.15 bits per heavy atom. The molecule has 0 aliphatic heterocycles. The van der Waals surface area contributed by atoms with Crippen molar-refractivity contribution in [3.05, 3.63) is 0 Å². The molecule has 0 aliphatic rings. The molecule has 0 aromatic carbocycles. The molecule has 0 saturated heterocycles. The zero-order chi connectivity index (χ0) is 10.1. The molecule has 0 rings (SSSR count). The van der Waals surface area contributed by atoms with Gasteiger partial charge in [-0.15, -0.1) is 0 Å². The number of nitrogens with one attached hydrogen (secondary N) is 1. The number of hydrogen-bond donors (Lipinski definition) is 3. The summed E-state index contributed by atoms with van der Waals surface area (Å²) in [6.45, 7) is 0.645. The first-order valence-electron chi connectivity index (χ1n) is 4.39. The summed E-state index contributed by atoms with van der Waals surface area (Å²) in [6, 6.07) is -0.522. The van der Waals surface area contributed by atoms with Crippen LogP contribution in [-0.4, -0.2) is 31.3 Å². The van der Waals surface area contributed by atoms with Crippen molar-refractivity contribution < 1.29 is 9.59 Å². The SMILES string of the molecule is NCCCCC(N)C(=O)NCC=O. The summed E-state index contributed by atoms with van der Waals surface area (Å²) in [4.78, 5) is 21.0. The Labute approximate surface area is 77.8 Å². The molecule has 0 aliphatic carbocycles. The molecule has 5 nitrogen and oxygen atoms in total. The number of carbonyl (C=O) groups excluding carboxylic acids is 2. The van der Waals surface area contributed by atoms with Gasteiger partial charge in [-0.05, 0) is 19.4 Å². The number of hydrogen-bond acceptors (Lipinski definition) is 4. The van der Waals surface area contributed by atoms with Gasteiger partial charge in [0.25, 0.3) is 0 Å². The van der Waals surface area contributed by atoms with E-state index in [4.69, 9.17) is 11.5 Å². The molecule has 0 fully saturated rings. The van der Waals surface area contributed by atoms with E-state index in [9.17, 15) is 9.59 Å². The third-order valence-corrected chi connectivity index (χ3v) is 1.67. The van der Waals surface area contributed by atoms with E-state index < -0.39 is 6.04 Å². The fourth-order valence-corrected chi connectivity index (χ4v) is 0.913. The van der Waals surface area contributed by atoms with Crippen molar-refractivity contribution in [3.8, 4) is 0 Å². The zero-order valence-electron chi connectivity index (χ0n) is 7.66. The van der Waals surface area contributed by atoms with Gasteiger partial charge in [0.1, 0.15) is 6.29 Å². The molecule has 13 heavy (non-hydrogen) atoms. The van der Waals surface area contributed by atoms with E-state index >= 15 is 0 Å². The highest BCUT2D eigenvalue weighted by molar-refractivity contribution is 5.83. The minimum absolute atomic E-state index is 0.0312. The van der Waals surface area contributed by atoms with E-state index in [1.165, 1.54) is 0 Å². The molecule has 0 aromatic heterocycles. The van der Waals surface area contributed by atoms with Gasteiger partial charge in [0, 0.05) is 0 Å². The third-order valence-electron chi connectivity index (χ3n) is 1.67. The Balaban J connectivity index is 3.50. The summed E-state index contributed by atoms with van der Waals surface area (Å²) in [5, 5.41) is 2.40. The van der Waals surface area contributed by atoms with Crippen LogP contribution >= 0.6 is 0 Å². The van der Waals surface area contributed by atoms with Crippen LogP contribution in [0.25, 0.3) is 0 Å². The van der Waals surface area contributed by atoms with Crippen LogP contribution in [0.3, 0.4) is 0 Å². The van der Waals surface area contributed by atoms with Gasteiger partial charge in [-0.1, -0.05) is 6.42 Å². The van der Waals surface area contributed by atoms with E-state index in [1.807, 2.05) is 0 Å². The van der Waals surface area contributed by atoms with E-state index in [2.05, 4.69) is 5.32 Å². The average molecular weight is 187 g/mol. The number of carbonyl (C=O) groups is 2. The minimum atomic E-state index is -0.522. The predicted octanol–water partition coefficient (Wildman–Crippen LogP) is -1.24. The van der Waals surface area contributed by atoms with Crippen molar-refractivity contribution >= 4 is 12.2 Å². The lowest BCUT2D eigenvalue weighted by atomic mass is 10.1. The van der Waals surface area contributed by atoms with Gasteiger partial charge in [0.05, 0.1) is 12.6 Å². The van der Waals surface area contributed by atoms with E-state index in [0.717, 1.165) is 12.8 Å². The molecule has 0 aromatic rings. The fourth-order valence-electron chi connectivity index (χ4n) is 0.913. The number of nitrogens with two attached hydrogens (primary N) is 2. The maximum absolute atomic E-state index is 11.1. The van der Waals surface area contributed by atoms with Gasteiger partial charge in [-0.2, -0.15) is 0 Å². The van der Waals surface area contributed by atoms with E-state index in [-0.39, 0.29) is 12.5 Å². The first-order chi connectivity index (χ1) is 6.22. The Morgan fingerprint density at radius 1 is 1.46 bits per heavy atom. The molecule has 1 atom stereocenters. The molecular weight excluding hydrogens is 170 g/mol. The highest BCUT2D eigenvalue weighted by Crippen LogP contribution is 1.97. The highest BCUT2D eigenvalue weighted by Gasteiger charge is 2.11. The van der Waals surface area contributed by atoms with Crippen molar-refractivity contribution in [2.45, 2.75) is 25.3 Å². The van der Waals surface area contributed by atoms with Crippen molar-refractivity contribution in [3.63, 3.8) is 0 Å². The van der Waals surface area contributed by atoms with Crippen LogP contribution in [0.15, 0.2) is 0 Å². The largest absolute Gasteiger partial charge is 0.348 e. The molecular formula is C8H17N3O2. The summed E-state index contributed by atoms with van der Waals surface area (Å²) in [7, 11) is 0. The first-order valence-corrected chi connectivity index (χ1v) is 4.39. The van der Waals surface area contributed by atoms with Crippen LogP contribution in [0.2, 0.25) is 0 Å². The lowest BCUT2D eigenvalue weighted by Crippen LogP contribution is -2.41. The summed E-state index contributed by atoms with van der Waals surface area (Å²) < 4.78 is 0. The standard InChI is InChI=1S/C8H17N3O2/c9-4-2-1-3-7(10)8(13)11-5-6-12/h6-7H,1-5,9-10H2,(H,11,13). The van der Waals surface area contributed by atoms with Crippen LogP contribution in [0.1, 0.15) is 19.3 Å². The van der Waals surface area contributed by atoms with Crippen molar-refractivity contribution in [1.29, 1.82) is 0 Å². The van der Waals surface area contributed by atoms with Gasteiger partial charge in [0.2, 0.25) is 5.91 Å². The molecule has 0 bridgehead atoms. The Hall–Kier alpha value is -0.940. The Kier molecular flexibility index (Phi) is 7.14. The molecule has 0 radical (unpaired) electrons. The lowest BCUT2D eigenvalue weighted by Gasteiger charge is -2.09. The second-order valence-corrected chi connectivity index (χ2v) is 2.80. The maximum atomic E-state index is 11.1.